The van der Waals surface area contributed by atoms with Crippen molar-refractivity contribution in [2.45, 2.75) is 38.1 Å². The molecule has 6 nitrogen and oxygen atoms in total. The number of fused-ring (bicyclic) bond motifs is 1. The predicted octanol–water partition coefficient (Wildman–Crippen LogP) is 0.830. The SMILES string of the molecule is CN(C(=O)c1cnn2c1CNCC2)C1(COC(F)F)CC1. The zero-order chi connectivity index (χ0) is 15.0. The Balaban J connectivity index is 1.74. The summed E-state index contributed by atoms with van der Waals surface area (Å²) in [4.78, 5) is 14.1. The first-order valence-corrected chi connectivity index (χ1v) is 6.97. The molecular formula is C13H18F2N4O2. The molecule has 21 heavy (non-hydrogen) atoms. The standard InChI is InChI=1S/C13H18F2N4O2/c1-18(13(2-3-13)8-21-12(14)15)11(20)9-6-17-19-5-4-16-7-10(9)19/h6,12,16H,2-5,7-8H2,1H3. The lowest BCUT2D eigenvalue weighted by Gasteiger charge is -2.28. The van der Waals surface area contributed by atoms with Gasteiger partial charge in [-0.1, -0.05) is 0 Å². The molecule has 2 heterocycles. The smallest absolute Gasteiger partial charge is 0.334 e. The van der Waals surface area contributed by atoms with Crippen LogP contribution in [0, 0.1) is 0 Å². The van der Waals surface area contributed by atoms with Gasteiger partial charge in [-0.2, -0.15) is 13.9 Å². The molecule has 1 aromatic rings. The molecule has 0 spiro atoms. The fraction of sp³-hybridized carbons (Fsp3) is 0.692. The van der Waals surface area contributed by atoms with E-state index in [2.05, 4.69) is 15.2 Å². The monoisotopic (exact) mass is 300 g/mol. The van der Waals surface area contributed by atoms with Crippen LogP contribution in [0.1, 0.15) is 28.9 Å². The zero-order valence-corrected chi connectivity index (χ0v) is 11.8. The van der Waals surface area contributed by atoms with Crippen LogP contribution in [0.4, 0.5) is 8.78 Å². The highest BCUT2D eigenvalue weighted by molar-refractivity contribution is 5.95. The first kappa shape index (κ1) is 14.4. The summed E-state index contributed by atoms with van der Waals surface area (Å²) in [5, 5.41) is 7.42. The molecule has 0 unspecified atom stereocenters. The molecule has 2 aliphatic rings. The van der Waals surface area contributed by atoms with Gasteiger partial charge >= 0.3 is 6.61 Å². The van der Waals surface area contributed by atoms with Gasteiger partial charge in [-0.15, -0.1) is 0 Å². The number of nitrogens with one attached hydrogen (secondary N) is 1. The largest absolute Gasteiger partial charge is 0.345 e. The minimum Gasteiger partial charge on any atom is -0.334 e. The van der Waals surface area contributed by atoms with E-state index in [0.29, 0.717) is 24.9 Å². The summed E-state index contributed by atoms with van der Waals surface area (Å²) in [6, 6.07) is 0. The Morgan fingerprint density at radius 2 is 2.38 bits per heavy atom. The third kappa shape index (κ3) is 2.65. The molecule has 1 fully saturated rings. The Morgan fingerprint density at radius 3 is 3.05 bits per heavy atom. The number of carbonyl (C=O) groups excluding carboxylic acids is 1. The summed E-state index contributed by atoms with van der Waals surface area (Å²) in [5.74, 6) is -0.185. The highest BCUT2D eigenvalue weighted by Crippen LogP contribution is 2.42. The first-order chi connectivity index (χ1) is 10.0. The van der Waals surface area contributed by atoms with Crippen molar-refractivity contribution in [2.24, 2.45) is 0 Å². The van der Waals surface area contributed by atoms with Gasteiger partial charge in [0.2, 0.25) is 0 Å². The Kier molecular flexibility index (Phi) is 3.66. The fourth-order valence-corrected chi connectivity index (χ4v) is 2.70. The van der Waals surface area contributed by atoms with Crippen LogP contribution in [0.25, 0.3) is 0 Å². The molecule has 1 amide bonds. The average Bonchev–Trinajstić information content (AvgIpc) is 3.16. The quantitative estimate of drug-likeness (QED) is 0.875. The Hall–Kier alpha value is -1.54. The van der Waals surface area contributed by atoms with E-state index in [0.717, 1.165) is 18.8 Å². The van der Waals surface area contributed by atoms with Crippen LogP contribution in [0.5, 0.6) is 0 Å². The number of alkyl halides is 2. The van der Waals surface area contributed by atoms with E-state index < -0.39 is 12.2 Å². The first-order valence-electron chi connectivity index (χ1n) is 6.97. The number of aromatic nitrogens is 2. The van der Waals surface area contributed by atoms with Crippen molar-refractivity contribution in [3.05, 3.63) is 17.5 Å². The molecular weight excluding hydrogens is 282 g/mol. The number of hydrogen-bond acceptors (Lipinski definition) is 4. The second-order valence-corrected chi connectivity index (χ2v) is 5.57. The minimum absolute atomic E-state index is 0.130. The molecule has 1 saturated carbocycles. The summed E-state index contributed by atoms with van der Waals surface area (Å²) in [6.45, 7) is -0.792. The van der Waals surface area contributed by atoms with E-state index >= 15 is 0 Å². The molecule has 116 valence electrons. The van der Waals surface area contributed by atoms with Crippen molar-refractivity contribution in [1.82, 2.24) is 20.0 Å². The molecule has 0 bridgehead atoms. The van der Waals surface area contributed by atoms with E-state index in [4.69, 9.17) is 0 Å². The van der Waals surface area contributed by atoms with Gasteiger partial charge in [-0.3, -0.25) is 9.48 Å². The topological polar surface area (TPSA) is 59.4 Å². The molecule has 1 N–H and O–H groups in total. The van der Waals surface area contributed by atoms with E-state index in [1.165, 1.54) is 4.90 Å². The van der Waals surface area contributed by atoms with Gasteiger partial charge in [0.15, 0.2) is 0 Å². The molecule has 1 aliphatic heterocycles. The van der Waals surface area contributed by atoms with E-state index in [-0.39, 0.29) is 12.5 Å². The van der Waals surface area contributed by atoms with Crippen molar-refractivity contribution < 1.29 is 18.3 Å². The third-order valence-corrected chi connectivity index (χ3v) is 4.29. The molecule has 0 radical (unpaired) electrons. The molecule has 1 aliphatic carbocycles. The number of likely N-dealkylation sites (N-methyl/N-ethyl adjacent to an activating group) is 1. The fourth-order valence-electron chi connectivity index (χ4n) is 2.70. The average molecular weight is 300 g/mol. The van der Waals surface area contributed by atoms with Gasteiger partial charge in [0.1, 0.15) is 0 Å². The van der Waals surface area contributed by atoms with Crippen molar-refractivity contribution >= 4 is 5.91 Å². The van der Waals surface area contributed by atoms with Crippen LogP contribution < -0.4 is 5.32 Å². The lowest BCUT2D eigenvalue weighted by molar-refractivity contribution is -0.141. The summed E-state index contributed by atoms with van der Waals surface area (Å²) in [5.41, 5.74) is 0.793. The number of halogens is 2. The number of hydrogen-bond donors (Lipinski definition) is 1. The molecule has 1 aromatic heterocycles. The maximum atomic E-state index is 12.6. The molecule has 0 saturated heterocycles. The van der Waals surface area contributed by atoms with Gasteiger partial charge in [0.05, 0.1) is 36.1 Å². The number of carbonyl (C=O) groups is 1. The summed E-state index contributed by atoms with van der Waals surface area (Å²) in [7, 11) is 1.64. The summed E-state index contributed by atoms with van der Waals surface area (Å²) in [6.07, 6.45) is 2.93. The lowest BCUT2D eigenvalue weighted by Crippen LogP contribution is -2.43. The number of ether oxygens (including phenoxy) is 1. The molecule has 0 atom stereocenters. The third-order valence-electron chi connectivity index (χ3n) is 4.29. The normalized spacial score (nSPS) is 19.4. The maximum Gasteiger partial charge on any atom is 0.345 e. The van der Waals surface area contributed by atoms with Crippen LogP contribution in [-0.2, 0) is 17.8 Å². The van der Waals surface area contributed by atoms with Gasteiger partial charge in [0.25, 0.3) is 5.91 Å². The lowest BCUT2D eigenvalue weighted by atomic mass is 10.1. The van der Waals surface area contributed by atoms with Crippen molar-refractivity contribution in [1.29, 1.82) is 0 Å². The summed E-state index contributed by atoms with van der Waals surface area (Å²) >= 11 is 0. The highest BCUT2D eigenvalue weighted by atomic mass is 19.3. The van der Waals surface area contributed by atoms with Crippen molar-refractivity contribution in [3.63, 3.8) is 0 Å². The maximum absolute atomic E-state index is 12.6. The Labute approximate surface area is 121 Å². The number of amides is 1. The number of nitrogens with zero attached hydrogens (tertiary/aromatic N) is 3. The van der Waals surface area contributed by atoms with Crippen LogP contribution in [0.3, 0.4) is 0 Å². The zero-order valence-electron chi connectivity index (χ0n) is 11.8. The van der Waals surface area contributed by atoms with Crippen LogP contribution in [0.2, 0.25) is 0 Å². The van der Waals surface area contributed by atoms with Crippen molar-refractivity contribution in [3.8, 4) is 0 Å². The van der Waals surface area contributed by atoms with Crippen LogP contribution in [-0.4, -0.2) is 52.9 Å². The minimum atomic E-state index is -2.81. The Morgan fingerprint density at radius 1 is 1.62 bits per heavy atom. The predicted molar refractivity (Wildman–Crippen MR) is 69.9 cm³/mol. The second-order valence-electron chi connectivity index (χ2n) is 5.57. The van der Waals surface area contributed by atoms with Crippen LogP contribution >= 0.6 is 0 Å². The molecule has 0 aromatic carbocycles. The van der Waals surface area contributed by atoms with Gasteiger partial charge in [-0.25, -0.2) is 0 Å². The molecule has 3 rings (SSSR count). The molecule has 8 heteroatoms. The highest BCUT2D eigenvalue weighted by Gasteiger charge is 2.49. The van der Waals surface area contributed by atoms with Gasteiger partial charge in [0, 0.05) is 20.1 Å². The number of rotatable bonds is 5. The second kappa shape index (κ2) is 5.34. The Bertz CT molecular complexity index is 542. The van der Waals surface area contributed by atoms with Crippen LogP contribution in [0.15, 0.2) is 6.20 Å². The van der Waals surface area contributed by atoms with E-state index in [1.54, 1.807) is 13.2 Å². The van der Waals surface area contributed by atoms with Gasteiger partial charge in [-0.05, 0) is 12.8 Å². The van der Waals surface area contributed by atoms with Crippen molar-refractivity contribution in [2.75, 3.05) is 20.2 Å². The summed E-state index contributed by atoms with van der Waals surface area (Å²) < 4.78 is 30.6. The van der Waals surface area contributed by atoms with E-state index in [9.17, 15) is 13.6 Å². The van der Waals surface area contributed by atoms with E-state index in [1.807, 2.05) is 4.68 Å². The van der Waals surface area contributed by atoms with Gasteiger partial charge < -0.3 is 15.0 Å².